The van der Waals surface area contributed by atoms with Crippen molar-refractivity contribution in [3.63, 3.8) is 0 Å². The number of furan rings is 1. The molecular weight excluding hydrogens is 398 g/mol. The highest BCUT2D eigenvalue weighted by molar-refractivity contribution is 7.99. The van der Waals surface area contributed by atoms with Crippen LogP contribution in [-0.4, -0.2) is 18.9 Å². The minimum atomic E-state index is -0.481. The van der Waals surface area contributed by atoms with Gasteiger partial charge in [-0.05, 0) is 55.5 Å². The number of urea groups is 1. The molecule has 0 aliphatic rings. The van der Waals surface area contributed by atoms with E-state index in [9.17, 15) is 4.79 Å². The molecule has 0 atom stereocenters. The summed E-state index contributed by atoms with van der Waals surface area (Å²) in [4.78, 5) is 13.0. The molecule has 8 heteroatoms. The van der Waals surface area contributed by atoms with Crippen molar-refractivity contribution < 1.29 is 13.9 Å². The van der Waals surface area contributed by atoms with Crippen LogP contribution >= 0.6 is 23.4 Å². The summed E-state index contributed by atoms with van der Waals surface area (Å²) in [5, 5.41) is 7.98. The van der Waals surface area contributed by atoms with Gasteiger partial charge in [-0.25, -0.2) is 10.2 Å². The van der Waals surface area contributed by atoms with Gasteiger partial charge in [-0.2, -0.15) is 5.10 Å². The van der Waals surface area contributed by atoms with Gasteiger partial charge >= 0.3 is 6.03 Å². The van der Waals surface area contributed by atoms with E-state index in [0.717, 1.165) is 4.90 Å². The van der Waals surface area contributed by atoms with E-state index in [1.54, 1.807) is 18.2 Å². The van der Waals surface area contributed by atoms with Crippen LogP contribution in [0.3, 0.4) is 0 Å². The van der Waals surface area contributed by atoms with Crippen molar-refractivity contribution in [2.45, 2.75) is 16.9 Å². The van der Waals surface area contributed by atoms with Gasteiger partial charge in [-0.3, -0.25) is 0 Å². The highest BCUT2D eigenvalue weighted by atomic mass is 35.5. The number of hydrogen-bond acceptors (Lipinski definition) is 5. The third-order valence-corrected chi connectivity index (χ3v) is 4.61. The molecule has 0 aliphatic carbocycles. The van der Waals surface area contributed by atoms with Crippen LogP contribution in [0.25, 0.3) is 0 Å². The molecule has 3 rings (SSSR count). The van der Waals surface area contributed by atoms with Gasteiger partial charge in [0.1, 0.15) is 11.5 Å². The second kappa shape index (κ2) is 9.87. The molecule has 28 heavy (non-hydrogen) atoms. The number of benzene rings is 2. The minimum absolute atomic E-state index is 0.481. The van der Waals surface area contributed by atoms with E-state index in [-0.39, 0.29) is 0 Å². The Kier molecular flexibility index (Phi) is 7.00. The van der Waals surface area contributed by atoms with Crippen molar-refractivity contribution >= 4 is 41.3 Å². The number of ether oxygens (including phenoxy) is 1. The summed E-state index contributed by atoms with van der Waals surface area (Å²) >= 11 is 7.34. The fourth-order valence-electron chi connectivity index (χ4n) is 2.23. The largest absolute Gasteiger partial charge is 0.492 e. The van der Waals surface area contributed by atoms with Gasteiger partial charge < -0.3 is 14.5 Å². The van der Waals surface area contributed by atoms with Gasteiger partial charge in [0.15, 0.2) is 5.09 Å². The Morgan fingerprint density at radius 2 is 1.96 bits per heavy atom. The normalized spacial score (nSPS) is 10.8. The van der Waals surface area contributed by atoms with E-state index in [2.05, 4.69) is 15.8 Å². The first-order valence-electron chi connectivity index (χ1n) is 8.49. The Labute approximate surface area is 171 Å². The number of carbonyl (C=O) groups excluding carboxylic acids is 1. The van der Waals surface area contributed by atoms with Crippen molar-refractivity contribution in [2.75, 3.05) is 11.9 Å². The number of nitrogens with one attached hydrogen (secondary N) is 2. The van der Waals surface area contributed by atoms with E-state index in [4.69, 9.17) is 20.8 Å². The number of halogens is 1. The highest BCUT2D eigenvalue weighted by Crippen LogP contribution is 2.29. The lowest BCUT2D eigenvalue weighted by Gasteiger charge is -2.10. The first kappa shape index (κ1) is 19.9. The quantitative estimate of drug-likeness (QED) is 0.387. The SMILES string of the molecule is CCOc1ccccc1NC(=O)N/N=C/c1ccc(Sc2ccc(Cl)cc2)o1. The molecule has 0 aliphatic heterocycles. The molecule has 0 saturated heterocycles. The summed E-state index contributed by atoms with van der Waals surface area (Å²) in [6.45, 7) is 2.39. The zero-order valence-corrected chi connectivity index (χ0v) is 16.6. The fourth-order valence-corrected chi connectivity index (χ4v) is 3.14. The molecule has 2 amide bonds. The van der Waals surface area contributed by atoms with Crippen LogP contribution in [0.15, 0.2) is 80.2 Å². The van der Waals surface area contributed by atoms with E-state index in [1.807, 2.05) is 49.4 Å². The zero-order chi connectivity index (χ0) is 19.8. The van der Waals surface area contributed by atoms with Gasteiger partial charge in [0.2, 0.25) is 0 Å². The molecule has 2 aromatic carbocycles. The lowest BCUT2D eigenvalue weighted by molar-refractivity contribution is 0.252. The average molecular weight is 416 g/mol. The number of nitrogens with zero attached hydrogens (tertiary/aromatic N) is 1. The van der Waals surface area contributed by atoms with Crippen LogP contribution < -0.4 is 15.5 Å². The Bertz CT molecular complexity index is 957. The maximum Gasteiger partial charge on any atom is 0.339 e. The van der Waals surface area contributed by atoms with Crippen molar-refractivity contribution in [1.29, 1.82) is 0 Å². The molecule has 2 N–H and O–H groups in total. The summed E-state index contributed by atoms with van der Waals surface area (Å²) in [7, 11) is 0. The first-order valence-corrected chi connectivity index (χ1v) is 9.68. The lowest BCUT2D eigenvalue weighted by atomic mass is 10.3. The third-order valence-electron chi connectivity index (χ3n) is 3.43. The number of hydrazone groups is 1. The second-order valence-electron chi connectivity index (χ2n) is 5.47. The predicted molar refractivity (Wildman–Crippen MR) is 112 cm³/mol. The molecule has 0 saturated carbocycles. The number of para-hydroxylation sites is 2. The standard InChI is InChI=1S/C20H18ClN3O3S/c1-2-26-18-6-4-3-5-17(18)23-20(25)24-22-13-15-9-12-19(27-15)28-16-10-7-14(21)8-11-16/h3-13H,2H2,1H3,(H2,23,24,25)/b22-13+. The maximum atomic E-state index is 12.0. The molecule has 1 heterocycles. The Morgan fingerprint density at radius 3 is 2.75 bits per heavy atom. The van der Waals surface area contributed by atoms with E-state index >= 15 is 0 Å². The summed E-state index contributed by atoms with van der Waals surface area (Å²) in [5.74, 6) is 1.12. The minimum Gasteiger partial charge on any atom is -0.492 e. The summed E-state index contributed by atoms with van der Waals surface area (Å²) < 4.78 is 11.1. The molecular formula is C20H18ClN3O3S. The predicted octanol–water partition coefficient (Wildman–Crippen LogP) is 5.64. The molecule has 0 spiro atoms. The summed E-state index contributed by atoms with van der Waals surface area (Å²) in [5.41, 5.74) is 2.96. The lowest BCUT2D eigenvalue weighted by Crippen LogP contribution is -2.24. The van der Waals surface area contributed by atoms with Crippen LogP contribution in [-0.2, 0) is 0 Å². The number of anilines is 1. The molecule has 144 valence electrons. The van der Waals surface area contributed by atoms with Gasteiger partial charge in [0, 0.05) is 9.92 Å². The van der Waals surface area contributed by atoms with Crippen LogP contribution in [0.2, 0.25) is 5.02 Å². The Balaban J connectivity index is 1.53. The van der Waals surface area contributed by atoms with Gasteiger partial charge in [-0.1, -0.05) is 35.5 Å². The third kappa shape index (κ3) is 5.80. The fraction of sp³-hybridized carbons (Fsp3) is 0.100. The molecule has 0 bridgehead atoms. The second-order valence-corrected chi connectivity index (χ2v) is 6.98. The Hall–Kier alpha value is -2.90. The topological polar surface area (TPSA) is 75.9 Å². The maximum absolute atomic E-state index is 12.0. The van der Waals surface area contributed by atoms with Gasteiger partial charge in [-0.15, -0.1) is 0 Å². The zero-order valence-electron chi connectivity index (χ0n) is 15.0. The van der Waals surface area contributed by atoms with E-state index < -0.39 is 6.03 Å². The van der Waals surface area contributed by atoms with E-state index in [1.165, 1.54) is 18.0 Å². The molecule has 6 nitrogen and oxygen atoms in total. The first-order chi connectivity index (χ1) is 13.6. The number of amides is 2. The van der Waals surface area contributed by atoms with Crippen molar-refractivity contribution in [1.82, 2.24) is 5.43 Å². The molecule has 0 fully saturated rings. The van der Waals surface area contributed by atoms with Gasteiger partial charge in [0.05, 0.1) is 18.5 Å². The van der Waals surface area contributed by atoms with Gasteiger partial charge in [0.25, 0.3) is 0 Å². The van der Waals surface area contributed by atoms with E-state index in [0.29, 0.717) is 33.9 Å². The van der Waals surface area contributed by atoms with Crippen LogP contribution in [0, 0.1) is 0 Å². The van der Waals surface area contributed by atoms with Crippen LogP contribution in [0.4, 0.5) is 10.5 Å². The average Bonchev–Trinajstić information content (AvgIpc) is 3.13. The van der Waals surface area contributed by atoms with Crippen molar-refractivity contribution in [3.8, 4) is 5.75 Å². The summed E-state index contributed by atoms with van der Waals surface area (Å²) in [6, 6.07) is 17.8. The number of carbonyl (C=O) groups is 1. The smallest absolute Gasteiger partial charge is 0.339 e. The molecule has 1 aromatic heterocycles. The summed E-state index contributed by atoms with van der Waals surface area (Å²) in [6.07, 6.45) is 1.43. The molecule has 0 unspecified atom stereocenters. The highest BCUT2D eigenvalue weighted by Gasteiger charge is 2.06. The van der Waals surface area contributed by atoms with Crippen molar-refractivity contribution in [2.24, 2.45) is 5.10 Å². The monoisotopic (exact) mass is 415 g/mol. The Morgan fingerprint density at radius 1 is 1.18 bits per heavy atom. The number of hydrogen-bond donors (Lipinski definition) is 2. The number of rotatable bonds is 7. The van der Waals surface area contributed by atoms with Crippen LogP contribution in [0.1, 0.15) is 12.7 Å². The molecule has 3 aromatic rings. The molecule has 0 radical (unpaired) electrons. The van der Waals surface area contributed by atoms with Crippen LogP contribution in [0.5, 0.6) is 5.75 Å². The van der Waals surface area contributed by atoms with Crippen molar-refractivity contribution in [3.05, 3.63) is 71.4 Å².